The summed E-state index contributed by atoms with van der Waals surface area (Å²) < 4.78 is 11.4. The van der Waals surface area contributed by atoms with Crippen LogP contribution >= 0.6 is 0 Å². The monoisotopic (exact) mass is 399 g/mol. The lowest BCUT2D eigenvalue weighted by Gasteiger charge is -2.28. The summed E-state index contributed by atoms with van der Waals surface area (Å²) in [6.45, 7) is 1.91. The predicted octanol–water partition coefficient (Wildman–Crippen LogP) is 3.20. The summed E-state index contributed by atoms with van der Waals surface area (Å²) in [7, 11) is 3.27. The second-order valence-electron chi connectivity index (χ2n) is 7.35. The number of benzene rings is 1. The number of rotatable bonds is 7. The summed E-state index contributed by atoms with van der Waals surface area (Å²) in [6.07, 6.45) is 3.61. The highest BCUT2D eigenvalue weighted by Gasteiger charge is 2.25. The molecule has 0 unspecified atom stereocenters. The van der Waals surface area contributed by atoms with Gasteiger partial charge in [-0.05, 0) is 38.2 Å². The normalized spacial score (nSPS) is 20.0. The number of hydrogen-bond acceptors (Lipinski definition) is 4. The minimum Gasteiger partial charge on any atom is -0.484 e. The number of methoxy groups -OCH3 is 1. The first-order chi connectivity index (χ1) is 14.0. The van der Waals surface area contributed by atoms with Gasteiger partial charge in [0, 0.05) is 26.3 Å². The number of carbonyl (C=O) groups excluding carboxylic acids is 2. The molecule has 1 saturated carbocycles. The van der Waals surface area contributed by atoms with Gasteiger partial charge in [0.25, 0.3) is 11.8 Å². The molecule has 2 aromatic rings. The molecule has 0 radical (unpaired) electrons. The second-order valence-corrected chi connectivity index (χ2v) is 7.35. The zero-order valence-electron chi connectivity index (χ0n) is 17.2. The van der Waals surface area contributed by atoms with Gasteiger partial charge in [0.2, 0.25) is 0 Å². The fourth-order valence-corrected chi connectivity index (χ4v) is 3.63. The maximum atomic E-state index is 12.7. The number of carbonyl (C=O) groups is 2. The number of amides is 2. The first-order valence-corrected chi connectivity index (χ1v) is 10.0. The molecule has 3 rings (SSSR count). The van der Waals surface area contributed by atoms with Crippen LogP contribution in [0, 0.1) is 0 Å². The van der Waals surface area contributed by atoms with Gasteiger partial charge in [0.15, 0.2) is 5.75 Å². The number of nitrogens with one attached hydrogen (secondary N) is 3. The van der Waals surface area contributed by atoms with Crippen LogP contribution in [0.5, 0.6) is 5.75 Å². The van der Waals surface area contributed by atoms with Gasteiger partial charge in [0.05, 0.1) is 6.10 Å². The fourth-order valence-electron chi connectivity index (χ4n) is 3.63. The molecule has 1 atom stereocenters. The van der Waals surface area contributed by atoms with Crippen LogP contribution in [-0.4, -0.2) is 43.1 Å². The van der Waals surface area contributed by atoms with E-state index in [-0.39, 0.29) is 35.8 Å². The summed E-state index contributed by atoms with van der Waals surface area (Å²) in [5.74, 6) is -0.216. The van der Waals surface area contributed by atoms with E-state index in [9.17, 15) is 9.59 Å². The lowest BCUT2D eigenvalue weighted by Crippen LogP contribution is -2.39. The molecule has 2 amide bonds. The quantitative estimate of drug-likeness (QED) is 0.667. The first-order valence-electron chi connectivity index (χ1n) is 10.0. The third kappa shape index (κ3) is 5.17. The number of H-pyrrole nitrogens is 1. The second kappa shape index (κ2) is 9.60. The van der Waals surface area contributed by atoms with Crippen LogP contribution in [0.15, 0.2) is 36.4 Å². The third-order valence-electron chi connectivity index (χ3n) is 5.40. The summed E-state index contributed by atoms with van der Waals surface area (Å²) in [5, 5.41) is 5.63. The Labute approximate surface area is 171 Å². The summed E-state index contributed by atoms with van der Waals surface area (Å²) in [4.78, 5) is 27.9. The van der Waals surface area contributed by atoms with Crippen molar-refractivity contribution in [1.82, 2.24) is 15.6 Å². The minimum atomic E-state index is -0.333. The van der Waals surface area contributed by atoms with Crippen molar-refractivity contribution in [1.29, 1.82) is 0 Å². The van der Waals surface area contributed by atoms with E-state index in [0.29, 0.717) is 11.4 Å². The summed E-state index contributed by atoms with van der Waals surface area (Å²) in [6, 6.07) is 11.4. The molecule has 29 heavy (non-hydrogen) atoms. The van der Waals surface area contributed by atoms with E-state index < -0.39 is 0 Å². The fraction of sp³-hybridized carbons (Fsp3) is 0.455. The lowest BCUT2D eigenvalue weighted by molar-refractivity contribution is 0.0598. The Morgan fingerprint density at radius 2 is 1.79 bits per heavy atom. The molecule has 0 bridgehead atoms. The standard InChI is InChI=1S/C22H29N3O4/c1-14(15-7-5-4-6-8-15)29-19-13-18(25-20(19)22(27)23-2)21(26)24-16-9-11-17(28-3)12-10-16/h4-8,13-14,16-17,25H,9-12H2,1-3H3,(H,23,27)(H,24,26)/t14-,16?,17?/m1/s1. The Morgan fingerprint density at radius 1 is 1.10 bits per heavy atom. The number of hydrogen-bond donors (Lipinski definition) is 3. The van der Waals surface area contributed by atoms with Crippen molar-refractivity contribution < 1.29 is 19.1 Å². The van der Waals surface area contributed by atoms with Crippen LogP contribution in [0.25, 0.3) is 0 Å². The van der Waals surface area contributed by atoms with Crippen molar-refractivity contribution in [3.63, 3.8) is 0 Å². The molecule has 7 heteroatoms. The predicted molar refractivity (Wildman–Crippen MR) is 110 cm³/mol. The summed E-state index contributed by atoms with van der Waals surface area (Å²) in [5.41, 5.74) is 1.54. The molecule has 1 aliphatic carbocycles. The van der Waals surface area contributed by atoms with E-state index in [0.717, 1.165) is 31.2 Å². The van der Waals surface area contributed by atoms with Crippen LogP contribution in [0.4, 0.5) is 0 Å². The van der Waals surface area contributed by atoms with Gasteiger partial charge >= 0.3 is 0 Å². The molecule has 1 heterocycles. The van der Waals surface area contributed by atoms with Gasteiger partial charge in [-0.25, -0.2) is 0 Å². The summed E-state index contributed by atoms with van der Waals surface area (Å²) >= 11 is 0. The molecule has 1 aliphatic rings. The van der Waals surface area contributed by atoms with Crippen molar-refractivity contribution >= 4 is 11.8 Å². The third-order valence-corrected chi connectivity index (χ3v) is 5.40. The SMILES string of the molecule is CNC(=O)c1[nH]c(C(=O)NC2CCC(OC)CC2)cc1O[C@H](C)c1ccccc1. The Kier molecular flexibility index (Phi) is 6.93. The molecule has 7 nitrogen and oxygen atoms in total. The molecule has 1 fully saturated rings. The molecular formula is C22H29N3O4. The molecule has 3 N–H and O–H groups in total. The van der Waals surface area contributed by atoms with Gasteiger partial charge in [0.1, 0.15) is 17.5 Å². The highest BCUT2D eigenvalue weighted by atomic mass is 16.5. The molecule has 0 saturated heterocycles. The lowest BCUT2D eigenvalue weighted by atomic mass is 9.93. The van der Waals surface area contributed by atoms with E-state index >= 15 is 0 Å². The maximum Gasteiger partial charge on any atom is 0.271 e. The molecular weight excluding hydrogens is 370 g/mol. The Balaban J connectivity index is 1.72. The first kappa shape index (κ1) is 20.9. The van der Waals surface area contributed by atoms with E-state index in [1.807, 2.05) is 37.3 Å². The van der Waals surface area contributed by atoms with Gasteiger partial charge in [-0.3, -0.25) is 9.59 Å². The average Bonchev–Trinajstić information content (AvgIpc) is 3.18. The number of ether oxygens (including phenoxy) is 2. The number of aromatic nitrogens is 1. The van der Waals surface area contributed by atoms with Crippen molar-refractivity contribution in [2.45, 2.75) is 50.9 Å². The van der Waals surface area contributed by atoms with Gasteiger partial charge in [-0.2, -0.15) is 0 Å². The van der Waals surface area contributed by atoms with Gasteiger partial charge in [-0.1, -0.05) is 30.3 Å². The zero-order valence-corrected chi connectivity index (χ0v) is 17.2. The highest BCUT2D eigenvalue weighted by Crippen LogP contribution is 2.27. The maximum absolute atomic E-state index is 12.7. The van der Waals surface area contributed by atoms with Crippen LogP contribution in [0.2, 0.25) is 0 Å². The van der Waals surface area contributed by atoms with E-state index in [1.54, 1.807) is 20.2 Å². The smallest absolute Gasteiger partial charge is 0.271 e. The van der Waals surface area contributed by atoms with Gasteiger partial charge < -0.3 is 25.1 Å². The van der Waals surface area contributed by atoms with E-state index in [4.69, 9.17) is 9.47 Å². The Morgan fingerprint density at radius 3 is 2.41 bits per heavy atom. The highest BCUT2D eigenvalue weighted by molar-refractivity contribution is 5.99. The largest absolute Gasteiger partial charge is 0.484 e. The van der Waals surface area contributed by atoms with Crippen molar-refractivity contribution in [2.75, 3.05) is 14.2 Å². The minimum absolute atomic E-state index is 0.105. The number of aromatic amines is 1. The van der Waals surface area contributed by atoms with Gasteiger partial charge in [-0.15, -0.1) is 0 Å². The molecule has 1 aromatic carbocycles. The van der Waals surface area contributed by atoms with Crippen LogP contribution < -0.4 is 15.4 Å². The molecule has 156 valence electrons. The molecule has 0 spiro atoms. The van der Waals surface area contributed by atoms with Crippen molar-refractivity contribution in [3.8, 4) is 5.75 Å². The van der Waals surface area contributed by atoms with E-state index in [1.165, 1.54) is 0 Å². The van der Waals surface area contributed by atoms with Crippen molar-refractivity contribution in [2.24, 2.45) is 0 Å². The Bertz CT molecular complexity index is 826. The molecule has 0 aliphatic heterocycles. The van der Waals surface area contributed by atoms with E-state index in [2.05, 4.69) is 15.6 Å². The van der Waals surface area contributed by atoms with Crippen molar-refractivity contribution in [3.05, 3.63) is 53.3 Å². The van der Waals surface area contributed by atoms with Crippen LogP contribution in [0.1, 0.15) is 65.3 Å². The zero-order chi connectivity index (χ0) is 20.8. The average molecular weight is 399 g/mol. The Hall–Kier alpha value is -2.80. The molecule has 1 aromatic heterocycles. The van der Waals surface area contributed by atoms with Crippen LogP contribution in [-0.2, 0) is 4.74 Å². The topological polar surface area (TPSA) is 92.5 Å². The van der Waals surface area contributed by atoms with Crippen LogP contribution in [0.3, 0.4) is 0 Å².